The zero-order chi connectivity index (χ0) is 19.1. The zero-order valence-corrected chi connectivity index (χ0v) is 15.8. The van der Waals surface area contributed by atoms with Crippen LogP contribution in [0.25, 0.3) is 0 Å². The number of phenols is 1. The molecule has 26 heavy (non-hydrogen) atoms. The standard InChI is InChI=1S/C21H24O5/c1-21(2)14(12-6-7-18(25-4)19(8-12)26-5)11-17(23)20-15(21)9-13(24-3)10-16(20)22/h6-10,14,22H,11H2,1-5H3. The average Bonchev–Trinajstić information content (AvgIpc) is 2.63. The number of benzene rings is 2. The molecule has 0 radical (unpaired) electrons. The van der Waals surface area contributed by atoms with Crippen LogP contribution in [-0.4, -0.2) is 32.2 Å². The van der Waals surface area contributed by atoms with Gasteiger partial charge >= 0.3 is 0 Å². The van der Waals surface area contributed by atoms with Crippen LogP contribution in [0.3, 0.4) is 0 Å². The van der Waals surface area contributed by atoms with E-state index in [1.54, 1.807) is 21.3 Å². The number of Topliss-reactive ketones (excluding diaryl/α,β-unsaturated/α-hetero) is 1. The van der Waals surface area contributed by atoms with Crippen LogP contribution in [0.2, 0.25) is 0 Å². The monoisotopic (exact) mass is 356 g/mol. The van der Waals surface area contributed by atoms with E-state index in [0.29, 0.717) is 29.2 Å². The summed E-state index contributed by atoms with van der Waals surface area (Å²) in [6.45, 7) is 4.16. The van der Waals surface area contributed by atoms with Crippen molar-refractivity contribution in [1.82, 2.24) is 0 Å². The van der Waals surface area contributed by atoms with Crippen molar-refractivity contribution >= 4 is 5.78 Å². The van der Waals surface area contributed by atoms with Gasteiger partial charge in [0.15, 0.2) is 17.3 Å². The molecule has 138 valence electrons. The molecule has 1 N–H and O–H groups in total. The first-order valence-corrected chi connectivity index (χ1v) is 8.50. The van der Waals surface area contributed by atoms with Crippen molar-refractivity contribution in [3.63, 3.8) is 0 Å². The number of hydrogen-bond acceptors (Lipinski definition) is 5. The molecule has 1 unspecified atom stereocenters. The first kappa shape index (κ1) is 18.1. The number of ketones is 1. The maximum atomic E-state index is 12.8. The van der Waals surface area contributed by atoms with E-state index in [1.807, 2.05) is 24.3 Å². The molecule has 0 spiro atoms. The van der Waals surface area contributed by atoms with Gasteiger partial charge in [-0.2, -0.15) is 0 Å². The fourth-order valence-corrected chi connectivity index (χ4v) is 3.85. The van der Waals surface area contributed by atoms with E-state index < -0.39 is 0 Å². The van der Waals surface area contributed by atoms with Gasteiger partial charge in [0, 0.05) is 18.4 Å². The minimum absolute atomic E-state index is 0.0248. The molecule has 0 fully saturated rings. The van der Waals surface area contributed by atoms with Crippen molar-refractivity contribution in [2.24, 2.45) is 0 Å². The Morgan fingerprint density at radius 2 is 1.69 bits per heavy atom. The molecule has 0 saturated heterocycles. The van der Waals surface area contributed by atoms with Gasteiger partial charge in [-0.05, 0) is 34.7 Å². The van der Waals surface area contributed by atoms with Gasteiger partial charge in [0.05, 0.1) is 26.9 Å². The van der Waals surface area contributed by atoms with Crippen LogP contribution in [0, 0.1) is 0 Å². The number of hydrogen-bond donors (Lipinski definition) is 1. The Labute approximate surface area is 153 Å². The third-order valence-corrected chi connectivity index (χ3v) is 5.37. The first-order chi connectivity index (χ1) is 12.3. The second-order valence-corrected chi connectivity index (χ2v) is 7.09. The quantitative estimate of drug-likeness (QED) is 0.895. The SMILES string of the molecule is COc1cc(O)c2c(c1)C(C)(C)C(c1ccc(OC)c(OC)c1)CC2=O. The summed E-state index contributed by atoms with van der Waals surface area (Å²) >= 11 is 0. The van der Waals surface area contributed by atoms with Crippen LogP contribution in [-0.2, 0) is 5.41 Å². The van der Waals surface area contributed by atoms with Crippen molar-refractivity contribution in [1.29, 1.82) is 0 Å². The second kappa shape index (κ2) is 6.56. The van der Waals surface area contributed by atoms with Crippen molar-refractivity contribution in [2.45, 2.75) is 31.6 Å². The predicted molar refractivity (Wildman–Crippen MR) is 98.9 cm³/mol. The Bertz CT molecular complexity index is 854. The molecule has 0 amide bonds. The molecule has 0 heterocycles. The van der Waals surface area contributed by atoms with Gasteiger partial charge in [0.25, 0.3) is 0 Å². The molecule has 1 aliphatic carbocycles. The molecule has 5 nitrogen and oxygen atoms in total. The lowest BCUT2D eigenvalue weighted by Crippen LogP contribution is -2.35. The first-order valence-electron chi connectivity index (χ1n) is 8.50. The second-order valence-electron chi connectivity index (χ2n) is 7.09. The van der Waals surface area contributed by atoms with Crippen molar-refractivity contribution in [3.05, 3.63) is 47.0 Å². The van der Waals surface area contributed by atoms with Crippen molar-refractivity contribution < 1.29 is 24.1 Å². The van der Waals surface area contributed by atoms with Gasteiger partial charge in [-0.15, -0.1) is 0 Å². The van der Waals surface area contributed by atoms with Crippen LogP contribution in [0.4, 0.5) is 0 Å². The van der Waals surface area contributed by atoms with E-state index in [1.165, 1.54) is 6.07 Å². The third kappa shape index (κ3) is 2.77. The third-order valence-electron chi connectivity index (χ3n) is 5.37. The van der Waals surface area contributed by atoms with Crippen LogP contribution < -0.4 is 14.2 Å². The van der Waals surface area contributed by atoms with Crippen LogP contribution in [0.15, 0.2) is 30.3 Å². The number of phenolic OH excluding ortho intramolecular Hbond substituents is 1. The Morgan fingerprint density at radius 1 is 1.00 bits per heavy atom. The molecule has 0 aliphatic heterocycles. The molecule has 2 aromatic carbocycles. The zero-order valence-electron chi connectivity index (χ0n) is 15.8. The summed E-state index contributed by atoms with van der Waals surface area (Å²) in [5.41, 5.74) is 1.81. The summed E-state index contributed by atoms with van der Waals surface area (Å²) in [6, 6.07) is 9.08. The van der Waals surface area contributed by atoms with Crippen LogP contribution >= 0.6 is 0 Å². The van der Waals surface area contributed by atoms with Gasteiger partial charge < -0.3 is 19.3 Å². The van der Waals surface area contributed by atoms with Gasteiger partial charge in [-0.1, -0.05) is 19.9 Å². The number of carbonyl (C=O) groups is 1. The summed E-state index contributed by atoms with van der Waals surface area (Å²) in [7, 11) is 4.73. The van der Waals surface area contributed by atoms with Gasteiger partial charge in [-0.25, -0.2) is 0 Å². The molecule has 1 aliphatic rings. The lowest BCUT2D eigenvalue weighted by Gasteiger charge is -2.40. The highest BCUT2D eigenvalue weighted by Crippen LogP contribution is 2.50. The van der Waals surface area contributed by atoms with Crippen molar-refractivity contribution in [2.75, 3.05) is 21.3 Å². The maximum absolute atomic E-state index is 12.8. The van der Waals surface area contributed by atoms with Crippen molar-refractivity contribution in [3.8, 4) is 23.0 Å². The lowest BCUT2D eigenvalue weighted by atomic mass is 9.62. The molecule has 0 aromatic heterocycles. The molecular weight excluding hydrogens is 332 g/mol. The van der Waals surface area contributed by atoms with E-state index >= 15 is 0 Å². The van der Waals surface area contributed by atoms with E-state index in [4.69, 9.17) is 14.2 Å². The molecule has 5 heteroatoms. The maximum Gasteiger partial charge on any atom is 0.167 e. The fraction of sp³-hybridized carbons (Fsp3) is 0.381. The number of methoxy groups -OCH3 is 3. The predicted octanol–water partition coefficient (Wildman–Crippen LogP) is 4.07. The minimum Gasteiger partial charge on any atom is -0.507 e. The fourth-order valence-electron chi connectivity index (χ4n) is 3.85. The average molecular weight is 356 g/mol. The molecule has 3 rings (SSSR count). The van der Waals surface area contributed by atoms with Gasteiger partial charge in [0.1, 0.15) is 11.5 Å². The lowest BCUT2D eigenvalue weighted by molar-refractivity contribution is 0.0938. The minimum atomic E-state index is -0.380. The Morgan fingerprint density at radius 3 is 2.31 bits per heavy atom. The van der Waals surface area contributed by atoms with E-state index in [-0.39, 0.29) is 22.9 Å². The van der Waals surface area contributed by atoms with Crippen LogP contribution in [0.5, 0.6) is 23.0 Å². The highest BCUT2D eigenvalue weighted by atomic mass is 16.5. The molecule has 1 atom stereocenters. The molecule has 0 saturated carbocycles. The summed E-state index contributed by atoms with van der Waals surface area (Å²) in [4.78, 5) is 12.8. The Balaban J connectivity index is 2.15. The number of rotatable bonds is 4. The summed E-state index contributed by atoms with van der Waals surface area (Å²) in [5.74, 6) is 1.66. The largest absolute Gasteiger partial charge is 0.507 e. The van der Waals surface area contributed by atoms with E-state index in [0.717, 1.165) is 11.1 Å². The molecule has 2 aromatic rings. The molecule has 0 bridgehead atoms. The smallest absolute Gasteiger partial charge is 0.167 e. The normalized spacial score (nSPS) is 18.2. The number of aromatic hydroxyl groups is 1. The number of fused-ring (bicyclic) bond motifs is 1. The summed E-state index contributed by atoms with van der Waals surface area (Å²) in [6.07, 6.45) is 0.315. The summed E-state index contributed by atoms with van der Waals surface area (Å²) < 4.78 is 16.0. The highest BCUT2D eigenvalue weighted by Gasteiger charge is 2.42. The van der Waals surface area contributed by atoms with E-state index in [9.17, 15) is 9.90 Å². The van der Waals surface area contributed by atoms with E-state index in [2.05, 4.69) is 13.8 Å². The Hall–Kier alpha value is -2.69. The number of ether oxygens (including phenoxy) is 3. The number of carbonyl (C=O) groups excluding carboxylic acids is 1. The highest BCUT2D eigenvalue weighted by molar-refractivity contribution is 6.02. The molecular formula is C21H24O5. The summed E-state index contributed by atoms with van der Waals surface area (Å²) in [5, 5.41) is 10.3. The Kier molecular flexibility index (Phi) is 4.57. The van der Waals surface area contributed by atoms with Gasteiger partial charge in [0.2, 0.25) is 0 Å². The van der Waals surface area contributed by atoms with Gasteiger partial charge in [-0.3, -0.25) is 4.79 Å². The topological polar surface area (TPSA) is 65.0 Å². The van der Waals surface area contributed by atoms with Crippen LogP contribution in [0.1, 0.15) is 47.7 Å².